The Labute approximate surface area is 96.0 Å². The van der Waals surface area contributed by atoms with Gasteiger partial charge in [0.2, 0.25) is 0 Å². The monoisotopic (exact) mass is 253 g/mol. The molecule has 0 aromatic carbocycles. The molecule has 0 unspecified atom stereocenters. The van der Waals surface area contributed by atoms with Crippen LogP contribution in [0.1, 0.15) is 27.7 Å². The van der Waals surface area contributed by atoms with Gasteiger partial charge < -0.3 is 9.05 Å². The van der Waals surface area contributed by atoms with E-state index in [0.717, 1.165) is 0 Å². The highest BCUT2D eigenvalue weighted by Crippen LogP contribution is 2.61. The molecule has 1 saturated heterocycles. The molecule has 1 rings (SSSR count). The minimum absolute atomic E-state index is 0.110. The van der Waals surface area contributed by atoms with Crippen molar-refractivity contribution in [2.24, 2.45) is 0 Å². The van der Waals surface area contributed by atoms with Crippen LogP contribution < -0.4 is 5.32 Å². The van der Waals surface area contributed by atoms with Crippen LogP contribution in [0.15, 0.2) is 0 Å². The van der Waals surface area contributed by atoms with Crippen molar-refractivity contribution in [3.63, 3.8) is 0 Å². The van der Waals surface area contributed by atoms with Crippen molar-refractivity contribution in [2.45, 2.75) is 43.1 Å². The lowest BCUT2D eigenvalue weighted by atomic mass is 10.2. The zero-order valence-electron chi connectivity index (χ0n) is 10.2. The van der Waals surface area contributed by atoms with E-state index < -0.39 is 7.60 Å². The molecule has 1 N–H and O–H groups in total. The fourth-order valence-electron chi connectivity index (χ4n) is 1.99. The van der Waals surface area contributed by atoms with Crippen molar-refractivity contribution in [3.05, 3.63) is 0 Å². The van der Waals surface area contributed by atoms with E-state index in [2.05, 4.69) is 33.0 Å². The Balaban J connectivity index is 3.01. The molecule has 1 heterocycles. The van der Waals surface area contributed by atoms with E-state index in [1.54, 1.807) is 11.8 Å². The van der Waals surface area contributed by atoms with Crippen molar-refractivity contribution in [1.29, 1.82) is 0 Å². The van der Waals surface area contributed by atoms with Crippen molar-refractivity contribution in [3.8, 4) is 0 Å². The summed E-state index contributed by atoms with van der Waals surface area (Å²) < 4.78 is 22.3. The van der Waals surface area contributed by atoms with Crippen LogP contribution >= 0.6 is 19.4 Å². The smallest absolute Gasteiger partial charge is 0.311 e. The maximum atomic E-state index is 12.3. The molecule has 1 aliphatic rings. The third kappa shape index (κ3) is 2.59. The summed E-state index contributed by atoms with van der Waals surface area (Å²) in [6, 6.07) is 0. The molecule has 4 nitrogen and oxygen atoms in total. The second kappa shape index (κ2) is 4.04. The van der Waals surface area contributed by atoms with E-state index in [0.29, 0.717) is 0 Å². The van der Waals surface area contributed by atoms with Crippen LogP contribution in [0.25, 0.3) is 0 Å². The van der Waals surface area contributed by atoms with Gasteiger partial charge in [0.15, 0.2) is 0 Å². The molecular formula is C9H20NO3PS. The van der Waals surface area contributed by atoms with Gasteiger partial charge in [-0.05, 0) is 27.7 Å². The molecule has 0 spiro atoms. The topological polar surface area (TPSA) is 47.6 Å². The molecule has 0 saturated carbocycles. The maximum absolute atomic E-state index is 12.3. The molecule has 1 aliphatic heterocycles. The number of hydrogen-bond acceptors (Lipinski definition) is 5. The van der Waals surface area contributed by atoms with Gasteiger partial charge in [-0.1, -0.05) is 0 Å². The molecular weight excluding hydrogens is 233 g/mol. The number of rotatable bonds is 3. The predicted molar refractivity (Wildman–Crippen MR) is 64.3 cm³/mol. The average Bonchev–Trinajstić information content (AvgIpc) is 2.33. The molecule has 1 atom stereocenters. The number of thioether (sulfide) groups is 1. The van der Waals surface area contributed by atoms with Gasteiger partial charge in [0.05, 0.1) is 4.87 Å². The highest BCUT2D eigenvalue weighted by Gasteiger charge is 2.54. The Morgan fingerprint density at radius 3 is 1.93 bits per heavy atom. The van der Waals surface area contributed by atoms with Crippen molar-refractivity contribution >= 4 is 19.4 Å². The third-order valence-corrected chi connectivity index (χ3v) is 6.48. The van der Waals surface area contributed by atoms with Gasteiger partial charge in [-0.3, -0.25) is 9.88 Å². The molecule has 1 fully saturated rings. The second-order valence-corrected chi connectivity index (χ2v) is 9.27. The lowest BCUT2D eigenvalue weighted by molar-refractivity contribution is 0.251. The first-order valence-corrected chi connectivity index (χ1v) is 7.29. The highest BCUT2D eigenvalue weighted by atomic mass is 32.2. The highest BCUT2D eigenvalue weighted by molar-refractivity contribution is 8.02. The molecule has 0 bridgehead atoms. The minimum Gasteiger partial charge on any atom is -0.311 e. The Kier molecular flexibility index (Phi) is 3.64. The van der Waals surface area contributed by atoms with Crippen molar-refractivity contribution in [1.82, 2.24) is 5.32 Å². The van der Waals surface area contributed by atoms with E-state index in [1.165, 1.54) is 14.2 Å². The standard InChI is InChI=1S/C9H20NO3PS/c1-8(2)7(10-9(3,4)15-8)14(11,12-5)13-6/h7,10H,1-6H3/t7-/m1/s1. The summed E-state index contributed by atoms with van der Waals surface area (Å²) in [6.45, 7) is 8.23. The third-order valence-electron chi connectivity index (χ3n) is 2.49. The van der Waals surface area contributed by atoms with Gasteiger partial charge in [0, 0.05) is 19.0 Å². The molecule has 0 aromatic rings. The van der Waals surface area contributed by atoms with Crippen molar-refractivity contribution < 1.29 is 13.6 Å². The van der Waals surface area contributed by atoms with E-state index in [-0.39, 0.29) is 15.4 Å². The number of nitrogens with one attached hydrogen (secondary N) is 1. The molecule has 15 heavy (non-hydrogen) atoms. The Bertz CT molecular complexity index is 285. The Morgan fingerprint density at radius 1 is 1.20 bits per heavy atom. The first-order chi connectivity index (χ1) is 6.67. The van der Waals surface area contributed by atoms with Crippen LogP contribution in [-0.2, 0) is 13.6 Å². The number of hydrogen-bond donors (Lipinski definition) is 1. The predicted octanol–water partition coefficient (Wildman–Crippen LogP) is 2.65. The molecule has 0 aromatic heterocycles. The fourth-order valence-corrected chi connectivity index (χ4v) is 6.10. The van der Waals surface area contributed by atoms with E-state index in [1.807, 2.05) is 0 Å². The zero-order chi connectivity index (χ0) is 11.9. The summed E-state index contributed by atoms with van der Waals surface area (Å²) in [6.07, 6.45) is 0. The molecule has 0 aliphatic carbocycles. The molecule has 0 amide bonds. The first kappa shape index (κ1) is 13.5. The quantitative estimate of drug-likeness (QED) is 0.783. The molecule has 90 valence electrons. The van der Waals surface area contributed by atoms with Crippen LogP contribution in [0.3, 0.4) is 0 Å². The lowest BCUT2D eigenvalue weighted by Crippen LogP contribution is -2.41. The normalized spacial score (nSPS) is 29.3. The summed E-state index contributed by atoms with van der Waals surface area (Å²) in [4.78, 5) is -0.110. The van der Waals surface area contributed by atoms with Crippen molar-refractivity contribution in [2.75, 3.05) is 14.2 Å². The van der Waals surface area contributed by atoms with Gasteiger partial charge in [-0.15, -0.1) is 11.8 Å². The second-order valence-electron chi connectivity index (χ2n) is 4.67. The van der Waals surface area contributed by atoms with E-state index in [4.69, 9.17) is 9.05 Å². The summed E-state index contributed by atoms with van der Waals surface area (Å²) >= 11 is 1.75. The summed E-state index contributed by atoms with van der Waals surface area (Å²) in [5.41, 5.74) is 0. The van der Waals surface area contributed by atoms with Crippen LogP contribution in [0.2, 0.25) is 0 Å². The first-order valence-electron chi connectivity index (χ1n) is 4.86. The van der Waals surface area contributed by atoms with Gasteiger partial charge >= 0.3 is 7.60 Å². The molecule has 0 radical (unpaired) electrons. The minimum atomic E-state index is -3.06. The molecule has 6 heteroatoms. The van der Waals surface area contributed by atoms with Gasteiger partial charge in [-0.2, -0.15) is 0 Å². The van der Waals surface area contributed by atoms with Gasteiger partial charge in [-0.25, -0.2) is 0 Å². The van der Waals surface area contributed by atoms with Gasteiger partial charge in [0.25, 0.3) is 0 Å². The maximum Gasteiger partial charge on any atom is 0.348 e. The van der Waals surface area contributed by atoms with E-state index in [9.17, 15) is 4.57 Å². The summed E-state index contributed by atoms with van der Waals surface area (Å²) in [5.74, 6) is -0.278. The summed E-state index contributed by atoms with van der Waals surface area (Å²) in [5, 5.41) is 3.31. The zero-order valence-corrected chi connectivity index (χ0v) is 11.9. The van der Waals surface area contributed by atoms with Crippen LogP contribution in [-0.4, -0.2) is 29.6 Å². The van der Waals surface area contributed by atoms with Crippen LogP contribution in [0.5, 0.6) is 0 Å². The van der Waals surface area contributed by atoms with E-state index >= 15 is 0 Å². The van der Waals surface area contributed by atoms with Gasteiger partial charge in [0.1, 0.15) is 5.78 Å². The van der Waals surface area contributed by atoms with Crippen LogP contribution in [0, 0.1) is 0 Å². The van der Waals surface area contributed by atoms with Crippen LogP contribution in [0.4, 0.5) is 0 Å². The lowest BCUT2D eigenvalue weighted by Gasteiger charge is -2.29. The largest absolute Gasteiger partial charge is 0.348 e. The SMILES string of the molecule is COP(=O)(OC)[C@H]1NC(C)(C)SC1(C)C. The average molecular weight is 253 g/mol. The fraction of sp³-hybridized carbons (Fsp3) is 1.00. The Hall–Kier alpha value is 0.460. The summed E-state index contributed by atoms with van der Waals surface area (Å²) in [7, 11) is -0.205. The Morgan fingerprint density at radius 2 is 1.67 bits per heavy atom.